The van der Waals surface area contributed by atoms with Crippen molar-refractivity contribution in [1.82, 2.24) is 35.3 Å². The molecule has 2 aromatic heterocycles. The number of hydrogen-bond donors (Lipinski definition) is 1. The minimum absolute atomic E-state index is 0.0980. The third-order valence-electron chi connectivity index (χ3n) is 6.17. The third-order valence-corrected chi connectivity index (χ3v) is 6.17. The predicted molar refractivity (Wildman–Crippen MR) is 119 cm³/mol. The first-order chi connectivity index (χ1) is 15.8. The van der Waals surface area contributed by atoms with E-state index in [0.717, 1.165) is 49.8 Å². The zero-order valence-corrected chi connectivity index (χ0v) is 18.0. The summed E-state index contributed by atoms with van der Waals surface area (Å²) in [6.45, 7) is 3.48. The molecule has 3 heterocycles. The maximum atomic E-state index is 12.5. The van der Waals surface area contributed by atoms with Crippen LogP contribution in [0.2, 0.25) is 0 Å². The zero-order chi connectivity index (χ0) is 21.8. The summed E-state index contributed by atoms with van der Waals surface area (Å²) in [7, 11) is 0. The molecule has 1 saturated carbocycles. The van der Waals surface area contributed by atoms with Crippen LogP contribution in [0.15, 0.2) is 42.7 Å². The Balaban J connectivity index is 1.27. The minimum Gasteiger partial charge on any atom is -0.379 e. The van der Waals surface area contributed by atoms with E-state index in [-0.39, 0.29) is 18.0 Å². The number of nitrogens with zero attached hydrogens (tertiary/aromatic N) is 7. The number of hydrogen-bond acceptors (Lipinski definition) is 8. The van der Waals surface area contributed by atoms with Gasteiger partial charge in [-0.1, -0.05) is 12.1 Å². The molecule has 3 aromatic rings. The number of amides is 1. The Bertz CT molecular complexity index is 1030. The summed E-state index contributed by atoms with van der Waals surface area (Å²) in [6.07, 6.45) is 7.08. The summed E-state index contributed by atoms with van der Waals surface area (Å²) < 4.78 is 5.36. The van der Waals surface area contributed by atoms with Gasteiger partial charge in [0, 0.05) is 31.5 Å². The maximum absolute atomic E-state index is 12.5. The second-order valence-electron chi connectivity index (χ2n) is 8.32. The molecule has 1 N–H and O–H groups in total. The van der Waals surface area contributed by atoms with Crippen LogP contribution < -0.4 is 10.3 Å². The van der Waals surface area contributed by atoms with Crippen molar-refractivity contribution in [3.05, 3.63) is 42.7 Å². The van der Waals surface area contributed by atoms with Crippen LogP contribution in [-0.4, -0.2) is 80.8 Å². The van der Waals surface area contributed by atoms with Gasteiger partial charge in [-0.2, -0.15) is 0 Å². The lowest BCUT2D eigenvalue weighted by Crippen LogP contribution is -2.49. The number of ether oxygens (including phenoxy) is 1. The fourth-order valence-electron chi connectivity index (χ4n) is 4.53. The lowest BCUT2D eigenvalue weighted by atomic mass is 9.90. The zero-order valence-electron chi connectivity index (χ0n) is 18.0. The normalized spacial score (nSPS) is 22.0. The van der Waals surface area contributed by atoms with E-state index < -0.39 is 0 Å². The average Bonchev–Trinajstić information content (AvgIpc) is 3.26. The number of anilines is 1. The topological polar surface area (TPSA) is 101 Å². The predicted octanol–water partition coefficient (Wildman–Crippen LogP) is 1.25. The van der Waals surface area contributed by atoms with E-state index in [1.807, 2.05) is 40.1 Å². The number of aromatic nitrogens is 5. The molecule has 0 atom stereocenters. The van der Waals surface area contributed by atoms with Gasteiger partial charge >= 0.3 is 0 Å². The van der Waals surface area contributed by atoms with Crippen molar-refractivity contribution in [1.29, 1.82) is 0 Å². The van der Waals surface area contributed by atoms with Gasteiger partial charge in [0.25, 0.3) is 0 Å². The molecule has 168 valence electrons. The van der Waals surface area contributed by atoms with Crippen LogP contribution in [0.4, 0.5) is 5.95 Å². The summed E-state index contributed by atoms with van der Waals surface area (Å²) in [5, 5.41) is 14.0. The highest BCUT2D eigenvalue weighted by molar-refractivity contribution is 5.78. The molecule has 1 aromatic carbocycles. The number of morpholine rings is 1. The molecule has 1 saturated heterocycles. The Morgan fingerprint density at radius 1 is 1.06 bits per heavy atom. The Morgan fingerprint density at radius 3 is 2.59 bits per heavy atom. The molecule has 2 aliphatic rings. The number of nitrogens with one attached hydrogen (secondary N) is 1. The molecule has 5 rings (SSSR count). The molecule has 0 unspecified atom stereocenters. The van der Waals surface area contributed by atoms with E-state index in [1.54, 1.807) is 12.4 Å². The maximum Gasteiger partial charge on any atom is 0.246 e. The van der Waals surface area contributed by atoms with E-state index in [9.17, 15) is 4.79 Å². The molecular weight excluding hydrogens is 408 g/mol. The SMILES string of the molecule is O=C(CN1CCOCC1)NC1CCC(N(c2ncccn2)n2nnc3ccccc32)CC1. The van der Waals surface area contributed by atoms with Crippen LogP contribution in [0.5, 0.6) is 0 Å². The molecule has 10 heteroatoms. The van der Waals surface area contributed by atoms with Crippen molar-refractivity contribution in [2.75, 3.05) is 37.9 Å². The molecule has 10 nitrogen and oxygen atoms in total. The van der Waals surface area contributed by atoms with Crippen LogP contribution in [0, 0.1) is 0 Å². The molecule has 1 amide bonds. The van der Waals surface area contributed by atoms with Crippen molar-refractivity contribution in [2.24, 2.45) is 0 Å². The van der Waals surface area contributed by atoms with Crippen LogP contribution in [0.25, 0.3) is 11.0 Å². The van der Waals surface area contributed by atoms with Crippen molar-refractivity contribution >= 4 is 22.9 Å². The summed E-state index contributed by atoms with van der Waals surface area (Å²) in [4.78, 5) is 25.4. The van der Waals surface area contributed by atoms with Crippen LogP contribution in [0.3, 0.4) is 0 Å². The summed E-state index contributed by atoms with van der Waals surface area (Å²) in [6, 6.07) is 10.0. The van der Waals surface area contributed by atoms with E-state index >= 15 is 0 Å². The van der Waals surface area contributed by atoms with Gasteiger partial charge in [0.15, 0.2) is 0 Å². The Morgan fingerprint density at radius 2 is 1.81 bits per heavy atom. The highest BCUT2D eigenvalue weighted by atomic mass is 16.5. The molecule has 32 heavy (non-hydrogen) atoms. The van der Waals surface area contributed by atoms with Crippen LogP contribution in [0.1, 0.15) is 25.7 Å². The second-order valence-corrected chi connectivity index (χ2v) is 8.32. The van der Waals surface area contributed by atoms with Gasteiger partial charge in [0.2, 0.25) is 11.9 Å². The van der Waals surface area contributed by atoms with Gasteiger partial charge < -0.3 is 10.1 Å². The lowest BCUT2D eigenvalue weighted by Gasteiger charge is -2.36. The number of carbonyl (C=O) groups excluding carboxylic acids is 1. The number of rotatable bonds is 6. The van der Waals surface area contributed by atoms with Gasteiger partial charge in [-0.25, -0.2) is 15.0 Å². The first kappa shape index (κ1) is 20.8. The standard InChI is InChI=1S/C22H28N8O2/c31-21(16-28-12-14-32-15-13-28)25-17-6-8-18(9-7-17)29(22-23-10-3-11-24-22)30-20-5-2-1-4-19(20)26-27-30/h1-5,10-11,17-18H,6-9,12-16H2,(H,25,31). The molecule has 2 fully saturated rings. The average molecular weight is 437 g/mol. The number of carbonyl (C=O) groups is 1. The monoisotopic (exact) mass is 436 g/mol. The van der Waals surface area contributed by atoms with Crippen molar-refractivity contribution in [2.45, 2.75) is 37.8 Å². The Labute approximate surface area is 186 Å². The fraction of sp³-hybridized carbons (Fsp3) is 0.500. The van der Waals surface area contributed by atoms with Gasteiger partial charge in [-0.05, 0) is 49.1 Å². The molecule has 0 spiro atoms. The minimum atomic E-state index is 0.0980. The highest BCUT2D eigenvalue weighted by Crippen LogP contribution is 2.27. The van der Waals surface area contributed by atoms with Gasteiger partial charge in [0.05, 0.1) is 25.8 Å². The first-order valence-electron chi connectivity index (χ1n) is 11.2. The van der Waals surface area contributed by atoms with E-state index in [0.29, 0.717) is 25.7 Å². The van der Waals surface area contributed by atoms with Gasteiger partial charge in [0.1, 0.15) is 11.0 Å². The second kappa shape index (κ2) is 9.58. The Kier molecular flexibility index (Phi) is 6.22. The molecule has 0 radical (unpaired) electrons. The number of benzene rings is 1. The number of fused-ring (bicyclic) bond motifs is 1. The van der Waals surface area contributed by atoms with Crippen LogP contribution in [-0.2, 0) is 9.53 Å². The van der Waals surface area contributed by atoms with Crippen molar-refractivity contribution < 1.29 is 9.53 Å². The highest BCUT2D eigenvalue weighted by Gasteiger charge is 2.31. The quantitative estimate of drug-likeness (QED) is 0.616. The Hall–Kier alpha value is -3.11. The van der Waals surface area contributed by atoms with E-state index in [2.05, 4.69) is 30.5 Å². The fourth-order valence-corrected chi connectivity index (χ4v) is 4.53. The number of para-hydroxylation sites is 1. The smallest absolute Gasteiger partial charge is 0.246 e. The largest absolute Gasteiger partial charge is 0.379 e. The third kappa shape index (κ3) is 4.56. The van der Waals surface area contributed by atoms with Gasteiger partial charge in [-0.15, -0.1) is 9.89 Å². The van der Waals surface area contributed by atoms with Crippen molar-refractivity contribution in [3.8, 4) is 0 Å². The van der Waals surface area contributed by atoms with Crippen LogP contribution >= 0.6 is 0 Å². The molecule has 0 bridgehead atoms. The molecule has 1 aliphatic heterocycles. The molecular formula is C22H28N8O2. The lowest BCUT2D eigenvalue weighted by molar-refractivity contribution is -0.124. The summed E-state index contributed by atoms with van der Waals surface area (Å²) in [5.41, 5.74) is 1.75. The summed E-state index contributed by atoms with van der Waals surface area (Å²) >= 11 is 0. The summed E-state index contributed by atoms with van der Waals surface area (Å²) in [5.74, 6) is 0.698. The van der Waals surface area contributed by atoms with Gasteiger partial charge in [-0.3, -0.25) is 9.69 Å². The molecule has 1 aliphatic carbocycles. The van der Waals surface area contributed by atoms with E-state index in [4.69, 9.17) is 4.74 Å². The first-order valence-corrected chi connectivity index (χ1v) is 11.2. The van der Waals surface area contributed by atoms with E-state index in [1.165, 1.54) is 0 Å². The van der Waals surface area contributed by atoms with Crippen molar-refractivity contribution in [3.63, 3.8) is 0 Å².